The van der Waals surface area contributed by atoms with E-state index in [1.165, 1.54) is 11.1 Å². The van der Waals surface area contributed by atoms with Gasteiger partial charge in [-0.15, -0.1) is 0 Å². The van der Waals surface area contributed by atoms with E-state index < -0.39 is 0 Å². The maximum atomic E-state index is 6.11. The molecule has 0 saturated carbocycles. The highest BCUT2D eigenvalue weighted by molar-refractivity contribution is 6.30. The number of nitrogens with zero attached hydrogens (tertiary/aromatic N) is 2. The molecule has 17 heavy (non-hydrogen) atoms. The topological polar surface area (TPSA) is 51.8 Å². The molecule has 1 aromatic heterocycles. The molecule has 3 nitrogen and oxygen atoms in total. The van der Waals surface area contributed by atoms with Crippen molar-refractivity contribution < 1.29 is 0 Å². The van der Waals surface area contributed by atoms with Crippen molar-refractivity contribution in [2.24, 2.45) is 0 Å². The molecule has 1 aromatic carbocycles. The fraction of sp³-hybridized carbons (Fsp3) is 0.231. The molecule has 4 heteroatoms. The smallest absolute Gasteiger partial charge is 0.221 e. The van der Waals surface area contributed by atoms with Crippen molar-refractivity contribution in [2.75, 3.05) is 5.73 Å². The Morgan fingerprint density at radius 3 is 2.53 bits per heavy atom. The lowest BCUT2D eigenvalue weighted by atomic mass is 10.0. The van der Waals surface area contributed by atoms with Crippen LogP contribution in [0.1, 0.15) is 22.4 Å². The zero-order valence-electron chi connectivity index (χ0n) is 9.87. The highest BCUT2D eigenvalue weighted by atomic mass is 35.5. The largest absolute Gasteiger partial charge is 0.368 e. The Morgan fingerprint density at radius 2 is 1.88 bits per heavy atom. The lowest BCUT2D eigenvalue weighted by Gasteiger charge is -2.09. The normalized spacial score (nSPS) is 10.5. The van der Waals surface area contributed by atoms with Crippen LogP contribution in [0.3, 0.4) is 0 Å². The van der Waals surface area contributed by atoms with Gasteiger partial charge < -0.3 is 5.73 Å². The SMILES string of the molecule is Cc1ccccc1Cc1c(C)nc(N)nc1Cl. The number of benzene rings is 1. The minimum atomic E-state index is 0.223. The van der Waals surface area contributed by atoms with Crippen LogP contribution in [0.15, 0.2) is 24.3 Å². The van der Waals surface area contributed by atoms with Crippen LogP contribution in [-0.4, -0.2) is 9.97 Å². The molecule has 0 bridgehead atoms. The molecule has 0 saturated heterocycles. The minimum absolute atomic E-state index is 0.223. The van der Waals surface area contributed by atoms with Crippen molar-refractivity contribution in [3.63, 3.8) is 0 Å². The summed E-state index contributed by atoms with van der Waals surface area (Å²) in [6.07, 6.45) is 0.734. The van der Waals surface area contributed by atoms with Gasteiger partial charge in [0.05, 0.1) is 0 Å². The van der Waals surface area contributed by atoms with Crippen molar-refractivity contribution in [1.82, 2.24) is 9.97 Å². The average molecular weight is 248 g/mol. The van der Waals surface area contributed by atoms with Gasteiger partial charge >= 0.3 is 0 Å². The Bertz CT molecular complexity index is 529. The first kappa shape index (κ1) is 11.9. The van der Waals surface area contributed by atoms with E-state index in [0.29, 0.717) is 5.15 Å². The van der Waals surface area contributed by atoms with E-state index >= 15 is 0 Å². The third-order valence-corrected chi connectivity index (χ3v) is 3.12. The Hall–Kier alpha value is -1.61. The predicted molar refractivity (Wildman–Crippen MR) is 70.2 cm³/mol. The number of anilines is 1. The van der Waals surface area contributed by atoms with E-state index in [9.17, 15) is 0 Å². The quantitative estimate of drug-likeness (QED) is 0.831. The van der Waals surface area contributed by atoms with Gasteiger partial charge in [0.25, 0.3) is 0 Å². The first-order valence-electron chi connectivity index (χ1n) is 5.41. The summed E-state index contributed by atoms with van der Waals surface area (Å²) in [7, 11) is 0. The molecular formula is C13H14ClN3. The van der Waals surface area contributed by atoms with Crippen LogP contribution in [0.25, 0.3) is 0 Å². The van der Waals surface area contributed by atoms with E-state index in [2.05, 4.69) is 29.0 Å². The number of hydrogen-bond acceptors (Lipinski definition) is 3. The fourth-order valence-corrected chi connectivity index (χ4v) is 2.07. The van der Waals surface area contributed by atoms with Gasteiger partial charge in [0.1, 0.15) is 5.15 Å². The van der Waals surface area contributed by atoms with Crippen LogP contribution in [0, 0.1) is 13.8 Å². The van der Waals surface area contributed by atoms with Gasteiger partial charge in [0.2, 0.25) is 5.95 Å². The number of halogens is 1. The number of nitrogen functional groups attached to an aromatic ring is 1. The molecular weight excluding hydrogens is 234 g/mol. The number of aromatic nitrogens is 2. The molecule has 0 radical (unpaired) electrons. The maximum Gasteiger partial charge on any atom is 0.221 e. The summed E-state index contributed by atoms with van der Waals surface area (Å²) in [4.78, 5) is 8.13. The summed E-state index contributed by atoms with van der Waals surface area (Å²) in [5, 5.41) is 0.443. The second kappa shape index (κ2) is 4.72. The Kier molecular flexibility index (Phi) is 3.29. The third-order valence-electron chi connectivity index (χ3n) is 2.81. The van der Waals surface area contributed by atoms with Gasteiger partial charge in [-0.25, -0.2) is 9.97 Å². The first-order chi connectivity index (χ1) is 8.08. The molecule has 0 atom stereocenters. The molecule has 0 unspecified atom stereocenters. The van der Waals surface area contributed by atoms with Crippen LogP contribution in [0.5, 0.6) is 0 Å². The monoisotopic (exact) mass is 247 g/mol. The lowest BCUT2D eigenvalue weighted by Crippen LogP contribution is -2.03. The Morgan fingerprint density at radius 1 is 1.18 bits per heavy atom. The highest BCUT2D eigenvalue weighted by Gasteiger charge is 2.10. The first-order valence-corrected chi connectivity index (χ1v) is 5.78. The second-order valence-corrected chi connectivity index (χ2v) is 4.40. The fourth-order valence-electron chi connectivity index (χ4n) is 1.78. The van der Waals surface area contributed by atoms with Crippen molar-refractivity contribution in [1.29, 1.82) is 0 Å². The van der Waals surface area contributed by atoms with E-state index in [-0.39, 0.29) is 5.95 Å². The average Bonchev–Trinajstić information content (AvgIpc) is 2.25. The maximum absolute atomic E-state index is 6.11. The van der Waals surface area contributed by atoms with Crippen molar-refractivity contribution in [2.45, 2.75) is 20.3 Å². The molecule has 0 aliphatic carbocycles. The molecule has 0 spiro atoms. The van der Waals surface area contributed by atoms with Crippen LogP contribution >= 0.6 is 11.6 Å². The number of nitrogens with two attached hydrogens (primary N) is 1. The van der Waals surface area contributed by atoms with E-state index in [4.69, 9.17) is 17.3 Å². The predicted octanol–water partition coefficient (Wildman–Crippen LogP) is 2.92. The lowest BCUT2D eigenvalue weighted by molar-refractivity contribution is 1.02. The molecule has 88 valence electrons. The van der Waals surface area contributed by atoms with Crippen LogP contribution in [-0.2, 0) is 6.42 Å². The number of hydrogen-bond donors (Lipinski definition) is 1. The van der Waals surface area contributed by atoms with E-state index in [0.717, 1.165) is 17.7 Å². The van der Waals surface area contributed by atoms with Crippen molar-refractivity contribution in [3.05, 3.63) is 51.8 Å². The van der Waals surface area contributed by atoms with E-state index in [1.807, 2.05) is 19.1 Å². The summed E-state index contributed by atoms with van der Waals surface area (Å²) in [5.74, 6) is 0.223. The molecule has 2 rings (SSSR count). The third kappa shape index (κ3) is 2.56. The van der Waals surface area contributed by atoms with Gasteiger partial charge in [-0.3, -0.25) is 0 Å². The molecule has 2 N–H and O–H groups in total. The van der Waals surface area contributed by atoms with Gasteiger partial charge in [0.15, 0.2) is 0 Å². The Labute approximate surface area is 106 Å². The van der Waals surface area contributed by atoms with Gasteiger partial charge in [-0.2, -0.15) is 0 Å². The van der Waals surface area contributed by atoms with Crippen LogP contribution < -0.4 is 5.73 Å². The molecule has 0 fully saturated rings. The van der Waals surface area contributed by atoms with Gasteiger partial charge in [-0.1, -0.05) is 35.9 Å². The van der Waals surface area contributed by atoms with E-state index in [1.54, 1.807) is 0 Å². The molecule has 0 aliphatic heterocycles. The zero-order chi connectivity index (χ0) is 12.4. The Balaban J connectivity index is 2.40. The summed E-state index contributed by atoms with van der Waals surface area (Å²) < 4.78 is 0. The highest BCUT2D eigenvalue weighted by Crippen LogP contribution is 2.22. The summed E-state index contributed by atoms with van der Waals surface area (Å²) >= 11 is 6.11. The molecule has 0 amide bonds. The van der Waals surface area contributed by atoms with Gasteiger partial charge in [0, 0.05) is 17.7 Å². The number of rotatable bonds is 2. The second-order valence-electron chi connectivity index (χ2n) is 4.04. The van der Waals surface area contributed by atoms with Crippen LogP contribution in [0.2, 0.25) is 5.15 Å². The summed E-state index contributed by atoms with van der Waals surface area (Å²) in [6, 6.07) is 8.20. The summed E-state index contributed by atoms with van der Waals surface area (Å²) in [6.45, 7) is 3.98. The van der Waals surface area contributed by atoms with Crippen molar-refractivity contribution in [3.8, 4) is 0 Å². The molecule has 0 aliphatic rings. The summed E-state index contributed by atoms with van der Waals surface area (Å²) in [5.41, 5.74) is 9.79. The van der Waals surface area contributed by atoms with Gasteiger partial charge in [-0.05, 0) is 25.0 Å². The standard InChI is InChI=1S/C13H14ClN3/c1-8-5-3-4-6-10(8)7-11-9(2)16-13(15)17-12(11)14/h3-6H,7H2,1-2H3,(H2,15,16,17). The number of aryl methyl sites for hydroxylation is 2. The van der Waals surface area contributed by atoms with Crippen LogP contribution in [0.4, 0.5) is 5.95 Å². The molecule has 2 aromatic rings. The minimum Gasteiger partial charge on any atom is -0.368 e. The zero-order valence-corrected chi connectivity index (χ0v) is 10.6. The molecule has 1 heterocycles. The van der Waals surface area contributed by atoms with Crippen molar-refractivity contribution >= 4 is 17.5 Å².